The average molecular weight is 266 g/mol. The molecule has 0 saturated heterocycles. The van der Waals surface area contributed by atoms with Crippen LogP contribution < -0.4 is 5.73 Å². The molecule has 0 heterocycles. The lowest BCUT2D eigenvalue weighted by Gasteiger charge is -2.32. The minimum Gasteiger partial charge on any atom is -0.459 e. The summed E-state index contributed by atoms with van der Waals surface area (Å²) in [5.74, 6) is -0.281. The van der Waals surface area contributed by atoms with E-state index in [9.17, 15) is 4.79 Å². The zero-order valence-corrected chi connectivity index (χ0v) is 12.9. The van der Waals surface area contributed by atoms with Gasteiger partial charge in [0.05, 0.1) is 8.80 Å². The van der Waals surface area contributed by atoms with Gasteiger partial charge in [-0.15, -0.1) is 11.6 Å². The summed E-state index contributed by atoms with van der Waals surface area (Å²) < 4.78 is 4.57. The van der Waals surface area contributed by atoms with Crippen molar-refractivity contribution >= 4 is 26.4 Å². The fourth-order valence-electron chi connectivity index (χ4n) is 1.35. The Kier molecular flexibility index (Phi) is 6.01. The van der Waals surface area contributed by atoms with E-state index in [0.717, 1.165) is 6.42 Å². The van der Waals surface area contributed by atoms with Crippen molar-refractivity contribution in [3.63, 3.8) is 0 Å². The van der Waals surface area contributed by atoms with Gasteiger partial charge in [-0.1, -0.05) is 13.1 Å². The largest absolute Gasteiger partial charge is 0.459 e. The number of carbonyl (C=O) groups is 1. The molecule has 0 saturated carbocycles. The van der Waals surface area contributed by atoms with Gasteiger partial charge < -0.3 is 10.5 Å². The Morgan fingerprint density at radius 3 is 2.19 bits per heavy atom. The highest BCUT2D eigenvalue weighted by molar-refractivity contribution is 6.75. The van der Waals surface area contributed by atoms with E-state index in [1.165, 1.54) is 0 Å². The van der Waals surface area contributed by atoms with Crippen LogP contribution in [0.15, 0.2) is 0 Å². The lowest BCUT2D eigenvalue weighted by molar-refractivity contribution is -0.156. The third kappa shape index (κ3) is 4.85. The van der Waals surface area contributed by atoms with Crippen molar-refractivity contribution in [3.05, 3.63) is 0 Å². The number of esters is 1. The lowest BCUT2D eigenvalue weighted by Crippen LogP contribution is -2.48. The van der Waals surface area contributed by atoms with E-state index in [1.54, 1.807) is 0 Å². The summed E-state index contributed by atoms with van der Waals surface area (Å²) in [6.45, 7) is 10.2. The van der Waals surface area contributed by atoms with Crippen LogP contribution >= 0.6 is 11.6 Å². The summed E-state index contributed by atoms with van der Waals surface area (Å²) >= 11 is 6.44. The Labute approximate surface area is 105 Å². The van der Waals surface area contributed by atoms with E-state index in [0.29, 0.717) is 13.0 Å². The van der Waals surface area contributed by atoms with E-state index < -0.39 is 18.9 Å². The molecule has 0 bridgehead atoms. The maximum atomic E-state index is 12.1. The molecule has 1 unspecified atom stereocenters. The van der Waals surface area contributed by atoms with Crippen LogP contribution in [0.1, 0.15) is 33.6 Å². The van der Waals surface area contributed by atoms with Gasteiger partial charge in [0.2, 0.25) is 0 Å². The van der Waals surface area contributed by atoms with Crippen LogP contribution in [0.4, 0.5) is 0 Å². The first kappa shape index (κ1) is 15.9. The summed E-state index contributed by atoms with van der Waals surface area (Å²) in [5.41, 5.74) is 4.99. The van der Waals surface area contributed by atoms with Gasteiger partial charge in [-0.05, 0) is 40.2 Å². The molecular weight excluding hydrogens is 242 g/mol. The number of halogens is 1. The number of nitrogens with two attached hydrogens (primary N) is 1. The number of carbonyl (C=O) groups excluding carboxylic acids is 1. The molecule has 0 aliphatic heterocycles. The molecule has 0 aromatic carbocycles. The zero-order chi connectivity index (χ0) is 13.0. The third-order valence-electron chi connectivity index (χ3n) is 2.40. The molecule has 0 aromatic heterocycles. The first-order chi connectivity index (χ1) is 7.13. The highest BCUT2D eigenvalue weighted by Crippen LogP contribution is 2.29. The fourth-order valence-corrected chi connectivity index (χ4v) is 2.83. The maximum absolute atomic E-state index is 12.1. The van der Waals surface area contributed by atoms with Gasteiger partial charge >= 0.3 is 5.97 Å². The van der Waals surface area contributed by atoms with Crippen LogP contribution in [0, 0.1) is 0 Å². The number of rotatable bonds is 5. The van der Waals surface area contributed by atoms with Gasteiger partial charge in [0.1, 0.15) is 10.1 Å². The molecule has 0 aliphatic rings. The van der Waals surface area contributed by atoms with Gasteiger partial charge in [0, 0.05) is 0 Å². The van der Waals surface area contributed by atoms with Crippen molar-refractivity contribution < 1.29 is 9.53 Å². The molecule has 16 heavy (non-hydrogen) atoms. The van der Waals surface area contributed by atoms with E-state index in [-0.39, 0.29) is 5.97 Å². The van der Waals surface area contributed by atoms with E-state index in [4.69, 9.17) is 22.1 Å². The SMILES string of the molecule is C[SiH](C)C(Cl)(CCCN)C(=O)OC(C)(C)C. The minimum atomic E-state index is -1.34. The van der Waals surface area contributed by atoms with E-state index in [2.05, 4.69) is 13.1 Å². The van der Waals surface area contributed by atoms with Gasteiger partial charge in [0.25, 0.3) is 0 Å². The molecule has 0 aliphatic carbocycles. The van der Waals surface area contributed by atoms with E-state index in [1.807, 2.05) is 20.8 Å². The second kappa shape index (κ2) is 6.03. The predicted molar refractivity (Wildman–Crippen MR) is 71.6 cm³/mol. The summed E-state index contributed by atoms with van der Waals surface area (Å²) in [6.07, 6.45) is 1.37. The summed E-state index contributed by atoms with van der Waals surface area (Å²) in [4.78, 5) is 12.1. The summed E-state index contributed by atoms with van der Waals surface area (Å²) in [5, 5.41) is 0. The number of ether oxygens (including phenoxy) is 1. The lowest BCUT2D eigenvalue weighted by atomic mass is 10.2. The third-order valence-corrected chi connectivity index (χ3v) is 6.41. The Balaban J connectivity index is 4.70. The molecule has 0 spiro atoms. The highest BCUT2D eigenvalue weighted by atomic mass is 35.5. The number of alkyl halides is 1. The van der Waals surface area contributed by atoms with Crippen molar-refractivity contribution in [3.8, 4) is 0 Å². The van der Waals surface area contributed by atoms with Crippen molar-refractivity contribution in [2.75, 3.05) is 6.54 Å². The van der Waals surface area contributed by atoms with Crippen LogP contribution in [0.5, 0.6) is 0 Å². The molecule has 5 heteroatoms. The summed E-state index contributed by atoms with van der Waals surface area (Å²) in [7, 11) is -1.34. The maximum Gasteiger partial charge on any atom is 0.324 e. The molecule has 0 aromatic rings. The van der Waals surface area contributed by atoms with Crippen LogP contribution in [-0.2, 0) is 9.53 Å². The second-order valence-corrected chi connectivity index (χ2v) is 9.75. The predicted octanol–water partition coefficient (Wildman–Crippen LogP) is 2.07. The van der Waals surface area contributed by atoms with Crippen molar-refractivity contribution in [1.82, 2.24) is 0 Å². The molecule has 0 fully saturated rings. The van der Waals surface area contributed by atoms with Crippen LogP contribution in [0.25, 0.3) is 0 Å². The molecule has 1 atom stereocenters. The van der Waals surface area contributed by atoms with Crippen LogP contribution in [0.2, 0.25) is 13.1 Å². The first-order valence-electron chi connectivity index (χ1n) is 5.76. The van der Waals surface area contributed by atoms with Crippen molar-refractivity contribution in [1.29, 1.82) is 0 Å². The topological polar surface area (TPSA) is 52.3 Å². The molecular formula is C11H24ClNO2Si. The van der Waals surface area contributed by atoms with E-state index >= 15 is 0 Å². The highest BCUT2D eigenvalue weighted by Gasteiger charge is 2.42. The molecule has 2 N–H and O–H groups in total. The Morgan fingerprint density at radius 1 is 1.38 bits per heavy atom. The molecule has 96 valence electrons. The van der Waals surface area contributed by atoms with Gasteiger partial charge in [-0.2, -0.15) is 0 Å². The van der Waals surface area contributed by atoms with Crippen LogP contribution in [0.3, 0.4) is 0 Å². The number of hydrogen-bond acceptors (Lipinski definition) is 3. The fraction of sp³-hybridized carbons (Fsp3) is 0.909. The Hall–Kier alpha value is -0.0631. The van der Waals surface area contributed by atoms with Crippen molar-refractivity contribution in [2.24, 2.45) is 5.73 Å². The quantitative estimate of drug-likeness (QED) is 0.470. The monoisotopic (exact) mass is 265 g/mol. The Bertz CT molecular complexity index is 241. The van der Waals surface area contributed by atoms with Gasteiger partial charge in [-0.3, -0.25) is 4.79 Å². The van der Waals surface area contributed by atoms with Gasteiger partial charge in [0.15, 0.2) is 0 Å². The zero-order valence-electron chi connectivity index (χ0n) is 11.0. The molecule has 3 nitrogen and oxygen atoms in total. The van der Waals surface area contributed by atoms with Crippen LogP contribution in [-0.4, -0.2) is 31.4 Å². The first-order valence-corrected chi connectivity index (χ1v) is 9.02. The molecule has 0 rings (SSSR count). The standard InChI is InChI=1S/C11H24ClNO2Si/c1-10(2,3)15-9(14)11(12,16(4)5)7-6-8-13/h16H,6-8,13H2,1-5H3. The average Bonchev–Trinajstić information content (AvgIpc) is 2.10. The minimum absolute atomic E-state index is 0.281. The van der Waals surface area contributed by atoms with Gasteiger partial charge in [-0.25, -0.2) is 0 Å². The normalized spacial score (nSPS) is 16.0. The summed E-state index contributed by atoms with van der Waals surface area (Å²) in [6, 6.07) is 0. The van der Waals surface area contributed by atoms with Crippen molar-refractivity contribution in [2.45, 2.75) is 56.8 Å². The molecule has 0 amide bonds. The smallest absolute Gasteiger partial charge is 0.324 e. The number of hydrogen-bond donors (Lipinski definition) is 1. The second-order valence-electron chi connectivity index (χ2n) is 5.41. The Morgan fingerprint density at radius 2 is 1.88 bits per heavy atom. The molecule has 0 radical (unpaired) electrons.